The van der Waals surface area contributed by atoms with E-state index in [1.807, 2.05) is 45.9 Å². The highest BCUT2D eigenvalue weighted by atomic mass is 35.5. The van der Waals surface area contributed by atoms with E-state index in [1.165, 1.54) is 11.8 Å². The molecular formula is C20H20Cl2N2O2S. The molecule has 142 valence electrons. The lowest BCUT2D eigenvalue weighted by Crippen LogP contribution is -2.35. The molecule has 1 aliphatic heterocycles. The molecule has 1 aromatic heterocycles. The number of furan rings is 1. The van der Waals surface area contributed by atoms with Crippen molar-refractivity contribution in [3.8, 4) is 11.3 Å². The third kappa shape index (κ3) is 4.42. The summed E-state index contributed by atoms with van der Waals surface area (Å²) in [5, 5.41) is 1.69. The molecule has 3 rings (SSSR count). The van der Waals surface area contributed by atoms with E-state index in [1.54, 1.807) is 23.1 Å². The molecule has 0 spiro atoms. The van der Waals surface area contributed by atoms with Crippen LogP contribution in [-0.4, -0.2) is 28.1 Å². The number of amidine groups is 1. The smallest absolute Gasteiger partial charge is 0.267 e. The van der Waals surface area contributed by atoms with Crippen LogP contribution >= 0.6 is 35.0 Å². The minimum atomic E-state index is -0.0538. The van der Waals surface area contributed by atoms with Gasteiger partial charge >= 0.3 is 0 Å². The number of carbonyl (C=O) groups is 1. The van der Waals surface area contributed by atoms with Gasteiger partial charge in [-0.3, -0.25) is 14.7 Å². The number of amides is 1. The number of nitrogens with zero attached hydrogens (tertiary/aromatic N) is 2. The van der Waals surface area contributed by atoms with E-state index in [0.29, 0.717) is 26.5 Å². The van der Waals surface area contributed by atoms with Crippen molar-refractivity contribution < 1.29 is 9.21 Å². The first kappa shape index (κ1) is 20.1. The van der Waals surface area contributed by atoms with Gasteiger partial charge in [0, 0.05) is 23.7 Å². The Kier molecular flexibility index (Phi) is 6.04. The van der Waals surface area contributed by atoms with E-state index >= 15 is 0 Å². The highest BCUT2D eigenvalue weighted by Gasteiger charge is 2.35. The van der Waals surface area contributed by atoms with Gasteiger partial charge < -0.3 is 4.42 Å². The first-order chi connectivity index (χ1) is 12.8. The Hall–Kier alpha value is -1.69. The maximum absolute atomic E-state index is 12.8. The minimum absolute atomic E-state index is 0.0387. The van der Waals surface area contributed by atoms with E-state index in [-0.39, 0.29) is 18.0 Å². The van der Waals surface area contributed by atoms with Gasteiger partial charge in [-0.25, -0.2) is 0 Å². The van der Waals surface area contributed by atoms with Gasteiger partial charge in [-0.2, -0.15) is 0 Å². The number of rotatable bonds is 4. The van der Waals surface area contributed by atoms with Crippen LogP contribution in [0, 0.1) is 0 Å². The number of hydrogen-bond acceptors (Lipinski definition) is 4. The zero-order valence-corrected chi connectivity index (χ0v) is 17.8. The van der Waals surface area contributed by atoms with Crippen molar-refractivity contribution in [2.24, 2.45) is 4.99 Å². The molecule has 0 radical (unpaired) electrons. The van der Waals surface area contributed by atoms with Crippen molar-refractivity contribution in [1.82, 2.24) is 4.90 Å². The third-order valence-corrected chi connectivity index (χ3v) is 5.56. The number of halogens is 2. The zero-order valence-electron chi connectivity index (χ0n) is 15.5. The van der Waals surface area contributed by atoms with Crippen LogP contribution in [0.25, 0.3) is 17.4 Å². The second kappa shape index (κ2) is 8.13. The number of carbonyl (C=O) groups excluding carboxylic acids is 1. The lowest BCUT2D eigenvalue weighted by molar-refractivity contribution is -0.123. The zero-order chi connectivity index (χ0) is 19.7. The molecule has 7 heteroatoms. The topological polar surface area (TPSA) is 45.8 Å². The summed E-state index contributed by atoms with van der Waals surface area (Å²) >= 11 is 13.4. The lowest BCUT2D eigenvalue weighted by atomic mass is 10.2. The lowest BCUT2D eigenvalue weighted by Gasteiger charge is -2.20. The first-order valence-electron chi connectivity index (χ1n) is 8.62. The molecule has 2 heterocycles. The Morgan fingerprint density at radius 3 is 2.48 bits per heavy atom. The summed E-state index contributed by atoms with van der Waals surface area (Å²) in [6.45, 7) is 7.95. The molecule has 0 saturated carbocycles. The SMILES string of the molecule is CC(C)N=C1S/C(=C\c2ccc(-c3ccc(Cl)c(Cl)c3)o2)C(=O)N1C(C)C. The molecule has 1 saturated heterocycles. The van der Waals surface area contributed by atoms with Crippen molar-refractivity contribution in [3.05, 3.63) is 51.0 Å². The molecule has 4 nitrogen and oxygen atoms in total. The summed E-state index contributed by atoms with van der Waals surface area (Å²) in [6.07, 6.45) is 1.76. The largest absolute Gasteiger partial charge is 0.457 e. The number of benzene rings is 1. The Labute approximate surface area is 173 Å². The number of thioether (sulfide) groups is 1. The van der Waals surface area contributed by atoms with Crippen molar-refractivity contribution in [1.29, 1.82) is 0 Å². The molecule has 0 unspecified atom stereocenters. The maximum atomic E-state index is 12.8. The van der Waals surface area contributed by atoms with Crippen LogP contribution in [0.15, 0.2) is 44.6 Å². The van der Waals surface area contributed by atoms with E-state index < -0.39 is 0 Å². The Bertz CT molecular complexity index is 932. The van der Waals surface area contributed by atoms with Gasteiger partial charge in [-0.1, -0.05) is 23.2 Å². The van der Waals surface area contributed by atoms with Crippen molar-refractivity contribution >= 4 is 52.1 Å². The average Bonchev–Trinajstić information content (AvgIpc) is 3.15. The maximum Gasteiger partial charge on any atom is 0.267 e. The monoisotopic (exact) mass is 422 g/mol. The molecular weight excluding hydrogens is 403 g/mol. The van der Waals surface area contributed by atoms with Gasteiger partial charge in [0.25, 0.3) is 5.91 Å². The molecule has 1 amide bonds. The van der Waals surface area contributed by atoms with Crippen LogP contribution in [0.4, 0.5) is 0 Å². The van der Waals surface area contributed by atoms with E-state index in [2.05, 4.69) is 4.99 Å². The number of aliphatic imine (C=N–C) groups is 1. The molecule has 0 atom stereocenters. The second-order valence-electron chi connectivity index (χ2n) is 6.72. The Morgan fingerprint density at radius 2 is 1.85 bits per heavy atom. The normalized spacial score (nSPS) is 17.9. The molecule has 1 aromatic carbocycles. The minimum Gasteiger partial charge on any atom is -0.457 e. The summed E-state index contributed by atoms with van der Waals surface area (Å²) in [5.41, 5.74) is 0.824. The van der Waals surface area contributed by atoms with Crippen LogP contribution in [0.1, 0.15) is 33.5 Å². The Morgan fingerprint density at radius 1 is 1.11 bits per heavy atom. The van der Waals surface area contributed by atoms with Crippen LogP contribution in [0.2, 0.25) is 10.0 Å². The fourth-order valence-corrected chi connectivity index (χ4v) is 4.13. The van der Waals surface area contributed by atoms with Crippen LogP contribution in [-0.2, 0) is 4.79 Å². The fourth-order valence-electron chi connectivity index (χ4n) is 2.62. The van der Waals surface area contributed by atoms with Gasteiger partial charge in [0.1, 0.15) is 11.5 Å². The summed E-state index contributed by atoms with van der Waals surface area (Å²) in [4.78, 5) is 19.7. The van der Waals surface area contributed by atoms with Crippen LogP contribution < -0.4 is 0 Å². The average molecular weight is 423 g/mol. The van der Waals surface area contributed by atoms with Gasteiger partial charge in [-0.15, -0.1) is 0 Å². The number of hydrogen-bond donors (Lipinski definition) is 0. The van der Waals surface area contributed by atoms with Crippen LogP contribution in [0.5, 0.6) is 0 Å². The molecule has 0 aliphatic carbocycles. The molecule has 2 aromatic rings. The van der Waals surface area contributed by atoms with Crippen molar-refractivity contribution in [2.75, 3.05) is 0 Å². The van der Waals surface area contributed by atoms with Gasteiger partial charge in [0.15, 0.2) is 5.17 Å². The molecule has 0 bridgehead atoms. The van der Waals surface area contributed by atoms with E-state index in [4.69, 9.17) is 27.6 Å². The highest BCUT2D eigenvalue weighted by Crippen LogP contribution is 2.35. The summed E-state index contributed by atoms with van der Waals surface area (Å²) in [7, 11) is 0. The standard InChI is InChI=1S/C20H20Cl2N2O2S/c1-11(2)23-20-24(12(3)4)19(25)18(27-20)10-14-6-8-17(26-14)13-5-7-15(21)16(22)9-13/h5-12H,1-4H3/b18-10-,23-20?. The Balaban J connectivity index is 1.90. The quantitative estimate of drug-likeness (QED) is 0.539. The summed E-state index contributed by atoms with van der Waals surface area (Å²) < 4.78 is 5.88. The molecule has 27 heavy (non-hydrogen) atoms. The van der Waals surface area contributed by atoms with Gasteiger partial charge in [0.05, 0.1) is 15.0 Å². The fraction of sp³-hybridized carbons (Fsp3) is 0.300. The van der Waals surface area contributed by atoms with Crippen molar-refractivity contribution in [3.63, 3.8) is 0 Å². The highest BCUT2D eigenvalue weighted by molar-refractivity contribution is 8.18. The molecule has 0 N–H and O–H groups in total. The third-order valence-electron chi connectivity index (χ3n) is 3.83. The predicted molar refractivity (Wildman–Crippen MR) is 114 cm³/mol. The van der Waals surface area contributed by atoms with Crippen molar-refractivity contribution in [2.45, 2.75) is 39.8 Å². The van der Waals surface area contributed by atoms with E-state index in [0.717, 1.165) is 10.7 Å². The van der Waals surface area contributed by atoms with Crippen LogP contribution in [0.3, 0.4) is 0 Å². The molecule has 1 fully saturated rings. The molecule has 1 aliphatic rings. The summed E-state index contributed by atoms with van der Waals surface area (Å²) in [5.74, 6) is 1.20. The van der Waals surface area contributed by atoms with Gasteiger partial charge in [0.2, 0.25) is 0 Å². The summed E-state index contributed by atoms with van der Waals surface area (Å²) in [6, 6.07) is 9.15. The predicted octanol–water partition coefficient (Wildman–Crippen LogP) is 6.34. The van der Waals surface area contributed by atoms with Gasteiger partial charge in [-0.05, 0) is 69.8 Å². The van der Waals surface area contributed by atoms with E-state index in [9.17, 15) is 4.79 Å². The second-order valence-corrected chi connectivity index (χ2v) is 8.54. The first-order valence-corrected chi connectivity index (χ1v) is 10.2.